The van der Waals surface area contributed by atoms with Gasteiger partial charge in [-0.2, -0.15) is 4.31 Å². The van der Waals surface area contributed by atoms with Crippen molar-refractivity contribution in [2.24, 2.45) is 0 Å². The maximum Gasteiger partial charge on any atom is 0.254 e. The molecule has 2 saturated heterocycles. The third-order valence-corrected chi connectivity index (χ3v) is 7.09. The van der Waals surface area contributed by atoms with Crippen molar-refractivity contribution >= 4 is 27.5 Å². The van der Waals surface area contributed by atoms with Crippen LogP contribution in [0.3, 0.4) is 0 Å². The number of morpholine rings is 1. The Bertz CT molecular complexity index is 1020. The summed E-state index contributed by atoms with van der Waals surface area (Å²) in [5.74, 6) is -0.487. The smallest absolute Gasteiger partial charge is 0.254 e. The largest absolute Gasteiger partial charge is 0.379 e. The zero-order valence-corrected chi connectivity index (χ0v) is 17.1. The lowest BCUT2D eigenvalue weighted by molar-refractivity contribution is -0.120. The number of amides is 2. The Labute approximate surface area is 174 Å². The number of pyridine rings is 1. The van der Waals surface area contributed by atoms with Crippen LogP contribution in [-0.4, -0.2) is 80.4 Å². The molecular weight excluding hydrogens is 408 g/mol. The molecule has 158 valence electrons. The Morgan fingerprint density at radius 1 is 1.00 bits per heavy atom. The molecule has 3 heterocycles. The Morgan fingerprint density at radius 3 is 2.37 bits per heavy atom. The van der Waals surface area contributed by atoms with E-state index in [2.05, 4.69) is 4.98 Å². The minimum absolute atomic E-state index is 0.0401. The van der Waals surface area contributed by atoms with E-state index in [4.69, 9.17) is 4.74 Å². The Balaban J connectivity index is 1.44. The lowest BCUT2D eigenvalue weighted by Crippen LogP contribution is -2.52. The molecule has 2 amide bonds. The highest BCUT2D eigenvalue weighted by Crippen LogP contribution is 2.20. The molecule has 2 fully saturated rings. The van der Waals surface area contributed by atoms with Gasteiger partial charge in [0, 0.05) is 37.9 Å². The van der Waals surface area contributed by atoms with Gasteiger partial charge in [0.2, 0.25) is 15.9 Å². The second-order valence-corrected chi connectivity index (χ2v) is 8.96. The lowest BCUT2D eigenvalue weighted by atomic mass is 10.1. The molecule has 0 saturated carbocycles. The molecule has 0 atom stereocenters. The molecule has 9 nitrogen and oxygen atoms in total. The zero-order chi connectivity index (χ0) is 21.1. The fourth-order valence-corrected chi connectivity index (χ4v) is 4.93. The summed E-state index contributed by atoms with van der Waals surface area (Å²) in [6.07, 6.45) is 3.25. The first kappa shape index (κ1) is 20.5. The minimum Gasteiger partial charge on any atom is -0.379 e. The van der Waals surface area contributed by atoms with Crippen LogP contribution in [-0.2, 0) is 19.6 Å². The number of sulfonamides is 1. The minimum atomic E-state index is -3.61. The number of nitrogens with zero attached hydrogens (tertiary/aromatic N) is 4. The normalized spacial score (nSPS) is 18.5. The van der Waals surface area contributed by atoms with Gasteiger partial charge in [-0.1, -0.05) is 0 Å². The van der Waals surface area contributed by atoms with Crippen molar-refractivity contribution < 1.29 is 22.7 Å². The molecule has 4 rings (SSSR count). The second kappa shape index (κ2) is 8.50. The molecule has 0 radical (unpaired) electrons. The van der Waals surface area contributed by atoms with E-state index in [1.54, 1.807) is 29.4 Å². The highest BCUT2D eigenvalue weighted by atomic mass is 32.2. The van der Waals surface area contributed by atoms with E-state index < -0.39 is 10.0 Å². The number of hydrogen-bond acceptors (Lipinski definition) is 6. The van der Waals surface area contributed by atoms with Gasteiger partial charge < -0.3 is 14.5 Å². The van der Waals surface area contributed by atoms with Crippen LogP contribution in [0.2, 0.25) is 0 Å². The molecular formula is C20H22N4O5S. The zero-order valence-electron chi connectivity index (χ0n) is 16.3. The summed E-state index contributed by atoms with van der Waals surface area (Å²) in [5, 5.41) is 0. The summed E-state index contributed by atoms with van der Waals surface area (Å²) >= 11 is 0. The second-order valence-electron chi connectivity index (χ2n) is 7.02. The van der Waals surface area contributed by atoms with Crippen molar-refractivity contribution in [2.75, 3.05) is 50.8 Å². The molecule has 0 N–H and O–H groups in total. The molecule has 2 aromatic rings. The first-order chi connectivity index (χ1) is 14.5. The number of ether oxygens (including phenoxy) is 1. The van der Waals surface area contributed by atoms with Gasteiger partial charge >= 0.3 is 0 Å². The predicted molar refractivity (Wildman–Crippen MR) is 109 cm³/mol. The van der Waals surface area contributed by atoms with E-state index in [0.717, 1.165) is 0 Å². The first-order valence-electron chi connectivity index (χ1n) is 9.64. The van der Waals surface area contributed by atoms with Crippen molar-refractivity contribution in [3.63, 3.8) is 0 Å². The lowest BCUT2D eigenvalue weighted by Gasteiger charge is -2.34. The molecule has 30 heavy (non-hydrogen) atoms. The average molecular weight is 430 g/mol. The fourth-order valence-electron chi connectivity index (χ4n) is 3.52. The van der Waals surface area contributed by atoms with Crippen LogP contribution < -0.4 is 4.90 Å². The van der Waals surface area contributed by atoms with Crippen LogP contribution in [0.4, 0.5) is 5.69 Å². The van der Waals surface area contributed by atoms with E-state index in [1.165, 1.54) is 33.5 Å². The van der Waals surface area contributed by atoms with Crippen molar-refractivity contribution in [3.05, 3.63) is 54.4 Å². The van der Waals surface area contributed by atoms with Crippen molar-refractivity contribution in [2.45, 2.75) is 4.90 Å². The van der Waals surface area contributed by atoms with Gasteiger partial charge in [-0.25, -0.2) is 8.42 Å². The SMILES string of the molecule is O=C(c1ccc(S(=O)(=O)N2CCOCC2)cc1)N1CCN(c2cccnc2)C(=O)C1. The number of piperazine rings is 1. The van der Waals surface area contributed by atoms with Crippen LogP contribution >= 0.6 is 0 Å². The van der Waals surface area contributed by atoms with Crippen molar-refractivity contribution in [1.29, 1.82) is 0 Å². The highest BCUT2D eigenvalue weighted by molar-refractivity contribution is 7.89. The van der Waals surface area contributed by atoms with Crippen LogP contribution in [0.25, 0.3) is 0 Å². The third kappa shape index (κ3) is 4.07. The number of rotatable bonds is 4. The molecule has 0 unspecified atom stereocenters. The molecule has 1 aromatic heterocycles. The summed E-state index contributed by atoms with van der Waals surface area (Å²) < 4.78 is 32.0. The van der Waals surface area contributed by atoms with Crippen LogP contribution in [0.1, 0.15) is 10.4 Å². The highest BCUT2D eigenvalue weighted by Gasteiger charge is 2.30. The van der Waals surface area contributed by atoms with Gasteiger partial charge in [-0.15, -0.1) is 0 Å². The summed E-state index contributed by atoms with van der Waals surface area (Å²) in [6, 6.07) is 9.42. The summed E-state index contributed by atoms with van der Waals surface area (Å²) in [4.78, 5) is 32.6. The average Bonchev–Trinajstić information content (AvgIpc) is 2.80. The van der Waals surface area contributed by atoms with E-state index >= 15 is 0 Å². The summed E-state index contributed by atoms with van der Waals surface area (Å²) in [6.45, 7) is 2.08. The Hall–Kier alpha value is -2.82. The molecule has 0 aliphatic carbocycles. The number of aromatic nitrogens is 1. The summed E-state index contributed by atoms with van der Waals surface area (Å²) in [7, 11) is -3.61. The maximum absolute atomic E-state index is 12.8. The van der Waals surface area contributed by atoms with Gasteiger partial charge in [0.1, 0.15) is 6.54 Å². The third-order valence-electron chi connectivity index (χ3n) is 5.17. The predicted octanol–water partition coefficient (Wildman–Crippen LogP) is 0.591. The van der Waals surface area contributed by atoms with Crippen LogP contribution in [0, 0.1) is 0 Å². The number of benzene rings is 1. The quantitative estimate of drug-likeness (QED) is 0.704. The Kier molecular flexibility index (Phi) is 5.80. The molecule has 10 heteroatoms. The number of carbonyl (C=O) groups excluding carboxylic acids is 2. The maximum atomic E-state index is 12.8. The van der Waals surface area contributed by atoms with Gasteiger partial charge in [0.05, 0.1) is 30.0 Å². The van der Waals surface area contributed by atoms with Gasteiger partial charge in [0.15, 0.2) is 0 Å². The van der Waals surface area contributed by atoms with Gasteiger partial charge in [-0.3, -0.25) is 14.6 Å². The van der Waals surface area contributed by atoms with E-state index in [1.807, 2.05) is 0 Å². The topological polar surface area (TPSA) is 100 Å². The number of hydrogen-bond donors (Lipinski definition) is 0. The van der Waals surface area contributed by atoms with Crippen LogP contribution in [0.15, 0.2) is 53.7 Å². The number of carbonyl (C=O) groups is 2. The molecule has 0 bridgehead atoms. The monoisotopic (exact) mass is 430 g/mol. The van der Waals surface area contributed by atoms with Crippen molar-refractivity contribution in [1.82, 2.24) is 14.2 Å². The van der Waals surface area contributed by atoms with E-state index in [-0.39, 0.29) is 23.3 Å². The van der Waals surface area contributed by atoms with Gasteiger partial charge in [0.25, 0.3) is 5.91 Å². The molecule has 1 aromatic carbocycles. The first-order valence-corrected chi connectivity index (χ1v) is 11.1. The van der Waals surface area contributed by atoms with Crippen LogP contribution in [0.5, 0.6) is 0 Å². The van der Waals surface area contributed by atoms with Crippen molar-refractivity contribution in [3.8, 4) is 0 Å². The van der Waals surface area contributed by atoms with E-state index in [9.17, 15) is 18.0 Å². The molecule has 2 aliphatic rings. The van der Waals surface area contributed by atoms with E-state index in [0.29, 0.717) is 50.6 Å². The Morgan fingerprint density at radius 2 is 1.73 bits per heavy atom. The molecule has 0 spiro atoms. The number of anilines is 1. The molecule has 2 aliphatic heterocycles. The van der Waals surface area contributed by atoms with Gasteiger partial charge in [-0.05, 0) is 36.4 Å². The standard InChI is InChI=1S/C20H22N4O5S/c25-19-15-22(8-9-24(19)17-2-1-7-21-14-17)20(26)16-3-5-18(6-4-16)30(27,28)23-10-12-29-13-11-23/h1-7,14H,8-13,15H2. The fraction of sp³-hybridized carbons (Fsp3) is 0.350. The summed E-state index contributed by atoms with van der Waals surface area (Å²) in [5.41, 5.74) is 1.05.